The van der Waals surface area contributed by atoms with E-state index in [9.17, 15) is 0 Å². The van der Waals surface area contributed by atoms with Crippen LogP contribution in [-0.4, -0.2) is 0 Å². The highest BCUT2D eigenvalue weighted by molar-refractivity contribution is 5.77. The minimum Gasteiger partial charge on any atom is -0.355 e. The molecule has 1 heteroatoms. The first-order chi connectivity index (χ1) is 8.40. The third-order valence-electron chi connectivity index (χ3n) is 2.42. The molecule has 84 valence electrons. The number of anilines is 1. The molecule has 0 aliphatic heterocycles. The van der Waals surface area contributed by atoms with Crippen molar-refractivity contribution in [3.63, 3.8) is 0 Å². The zero-order valence-electron chi connectivity index (χ0n) is 9.64. The van der Waals surface area contributed by atoms with Crippen molar-refractivity contribution >= 4 is 11.4 Å². The Kier molecular flexibility index (Phi) is 3.77. The molecule has 0 saturated heterocycles. The molecule has 0 aliphatic rings. The summed E-state index contributed by atoms with van der Waals surface area (Å²) in [4.78, 5) is 0. The summed E-state index contributed by atoms with van der Waals surface area (Å²) in [6.45, 7) is 3.75. The first-order valence-corrected chi connectivity index (χ1v) is 5.60. The van der Waals surface area contributed by atoms with Crippen LogP contribution in [-0.2, 0) is 0 Å². The first kappa shape index (κ1) is 11.2. The quantitative estimate of drug-likeness (QED) is 0.758. The van der Waals surface area contributed by atoms with Gasteiger partial charge in [-0.25, -0.2) is 0 Å². The van der Waals surface area contributed by atoms with Crippen molar-refractivity contribution in [2.45, 2.75) is 0 Å². The van der Waals surface area contributed by atoms with Crippen LogP contribution in [0.3, 0.4) is 0 Å². The van der Waals surface area contributed by atoms with Gasteiger partial charge in [0.2, 0.25) is 0 Å². The smallest absolute Gasteiger partial charge is 0.0457 e. The summed E-state index contributed by atoms with van der Waals surface area (Å²) in [6, 6.07) is 20.3. The number of allylic oxidation sites excluding steroid dienone is 2. The number of rotatable bonds is 4. The van der Waals surface area contributed by atoms with Gasteiger partial charge in [-0.2, -0.15) is 0 Å². The highest BCUT2D eigenvalue weighted by Gasteiger charge is 1.99. The third-order valence-corrected chi connectivity index (χ3v) is 2.42. The van der Waals surface area contributed by atoms with Gasteiger partial charge < -0.3 is 5.32 Å². The van der Waals surface area contributed by atoms with Crippen LogP contribution in [0.4, 0.5) is 5.69 Å². The highest BCUT2D eigenvalue weighted by Crippen LogP contribution is 2.18. The van der Waals surface area contributed by atoms with Crippen molar-refractivity contribution in [3.8, 4) is 0 Å². The Morgan fingerprint density at radius 2 is 1.47 bits per heavy atom. The van der Waals surface area contributed by atoms with Gasteiger partial charge in [-0.05, 0) is 23.8 Å². The molecule has 1 nitrogen and oxygen atoms in total. The molecular formula is C16H15N. The minimum atomic E-state index is 1.05. The van der Waals surface area contributed by atoms with E-state index in [-0.39, 0.29) is 0 Å². The van der Waals surface area contributed by atoms with E-state index >= 15 is 0 Å². The molecule has 0 aliphatic carbocycles. The van der Waals surface area contributed by atoms with Crippen LogP contribution >= 0.6 is 0 Å². The number of hydrogen-bond acceptors (Lipinski definition) is 1. The number of para-hydroxylation sites is 1. The van der Waals surface area contributed by atoms with Crippen LogP contribution in [0.5, 0.6) is 0 Å². The molecule has 0 spiro atoms. The monoisotopic (exact) mass is 221 g/mol. The van der Waals surface area contributed by atoms with Gasteiger partial charge in [-0.15, -0.1) is 0 Å². The van der Waals surface area contributed by atoms with Crippen molar-refractivity contribution in [1.29, 1.82) is 0 Å². The molecule has 0 aromatic heterocycles. The second-order valence-corrected chi connectivity index (χ2v) is 3.67. The van der Waals surface area contributed by atoms with E-state index in [0.717, 1.165) is 16.9 Å². The van der Waals surface area contributed by atoms with Gasteiger partial charge >= 0.3 is 0 Å². The molecule has 0 unspecified atom stereocenters. The van der Waals surface area contributed by atoms with E-state index < -0.39 is 0 Å². The normalized spacial score (nSPS) is 10.9. The standard InChI is InChI=1S/C16H15N/c1-2-9-16(14-10-5-3-6-11-14)17-15-12-7-4-8-13-15/h2-13,17H,1H2. The largest absolute Gasteiger partial charge is 0.355 e. The average molecular weight is 221 g/mol. The minimum absolute atomic E-state index is 1.05. The highest BCUT2D eigenvalue weighted by atomic mass is 14.9. The predicted molar refractivity (Wildman–Crippen MR) is 74.7 cm³/mol. The van der Waals surface area contributed by atoms with Gasteiger partial charge in [0.1, 0.15) is 0 Å². The van der Waals surface area contributed by atoms with Crippen LogP contribution in [0.25, 0.3) is 5.70 Å². The van der Waals surface area contributed by atoms with Gasteiger partial charge in [-0.3, -0.25) is 0 Å². The fourth-order valence-corrected chi connectivity index (χ4v) is 1.62. The molecule has 0 bridgehead atoms. The molecule has 1 N–H and O–H groups in total. The second-order valence-electron chi connectivity index (χ2n) is 3.67. The van der Waals surface area contributed by atoms with Crippen LogP contribution in [0.15, 0.2) is 79.4 Å². The average Bonchev–Trinajstić information content (AvgIpc) is 2.40. The first-order valence-electron chi connectivity index (χ1n) is 5.60. The Balaban J connectivity index is 2.26. The Bertz CT molecular complexity index is 498. The third kappa shape index (κ3) is 3.08. The van der Waals surface area contributed by atoms with E-state index in [4.69, 9.17) is 0 Å². The summed E-state index contributed by atoms with van der Waals surface area (Å²) in [5, 5.41) is 3.39. The van der Waals surface area contributed by atoms with Crippen molar-refractivity contribution in [3.05, 3.63) is 85.0 Å². The van der Waals surface area contributed by atoms with Crippen molar-refractivity contribution < 1.29 is 0 Å². The summed E-state index contributed by atoms with van der Waals surface area (Å²) in [6.07, 6.45) is 3.76. The molecule has 0 fully saturated rings. The van der Waals surface area contributed by atoms with E-state index in [2.05, 4.69) is 24.0 Å². The maximum Gasteiger partial charge on any atom is 0.0457 e. The molecule has 0 atom stereocenters. The summed E-state index contributed by atoms with van der Waals surface area (Å²) in [7, 11) is 0. The topological polar surface area (TPSA) is 12.0 Å². The van der Waals surface area contributed by atoms with Gasteiger partial charge in [0.25, 0.3) is 0 Å². The fraction of sp³-hybridized carbons (Fsp3) is 0. The van der Waals surface area contributed by atoms with Crippen molar-refractivity contribution in [1.82, 2.24) is 0 Å². The molecule has 0 radical (unpaired) electrons. The summed E-state index contributed by atoms with van der Waals surface area (Å²) >= 11 is 0. The van der Waals surface area contributed by atoms with E-state index in [1.54, 1.807) is 6.08 Å². The lowest BCUT2D eigenvalue weighted by molar-refractivity contribution is 1.53. The number of hydrogen-bond donors (Lipinski definition) is 1. The Labute approximate surface area is 102 Å². The van der Waals surface area contributed by atoms with Gasteiger partial charge in [0, 0.05) is 11.4 Å². The van der Waals surface area contributed by atoms with Crippen molar-refractivity contribution in [2.75, 3.05) is 5.32 Å². The lowest BCUT2D eigenvalue weighted by atomic mass is 10.1. The zero-order chi connectivity index (χ0) is 11.9. The summed E-state index contributed by atoms with van der Waals surface area (Å²) in [5.74, 6) is 0. The zero-order valence-corrected chi connectivity index (χ0v) is 9.64. The second kappa shape index (κ2) is 5.71. The molecule has 17 heavy (non-hydrogen) atoms. The van der Waals surface area contributed by atoms with Crippen LogP contribution in [0.1, 0.15) is 5.56 Å². The number of benzene rings is 2. The van der Waals surface area contributed by atoms with E-state index in [0.29, 0.717) is 0 Å². The molecule has 2 aromatic carbocycles. The Hall–Kier alpha value is -2.28. The summed E-state index contributed by atoms with van der Waals surface area (Å²) in [5.41, 5.74) is 3.27. The van der Waals surface area contributed by atoms with Gasteiger partial charge in [-0.1, -0.05) is 61.2 Å². The lowest BCUT2D eigenvalue weighted by Crippen LogP contribution is -1.98. The predicted octanol–water partition coefficient (Wildman–Crippen LogP) is 4.33. The molecule has 2 rings (SSSR count). The Morgan fingerprint density at radius 3 is 2.06 bits per heavy atom. The molecule has 2 aromatic rings. The maximum absolute atomic E-state index is 3.75. The molecule has 0 heterocycles. The molecule has 0 saturated carbocycles. The fourth-order valence-electron chi connectivity index (χ4n) is 1.62. The number of nitrogens with one attached hydrogen (secondary N) is 1. The lowest BCUT2D eigenvalue weighted by Gasteiger charge is -2.10. The summed E-state index contributed by atoms with van der Waals surface area (Å²) < 4.78 is 0. The Morgan fingerprint density at radius 1 is 0.882 bits per heavy atom. The van der Waals surface area contributed by atoms with Crippen LogP contribution in [0.2, 0.25) is 0 Å². The van der Waals surface area contributed by atoms with Crippen LogP contribution in [0, 0.1) is 0 Å². The van der Waals surface area contributed by atoms with E-state index in [1.807, 2.05) is 54.6 Å². The van der Waals surface area contributed by atoms with Gasteiger partial charge in [0.05, 0.1) is 0 Å². The molecular weight excluding hydrogens is 206 g/mol. The SMILES string of the molecule is C=CC=C(Nc1ccccc1)c1ccccc1. The maximum atomic E-state index is 3.75. The molecule has 0 amide bonds. The van der Waals surface area contributed by atoms with Crippen molar-refractivity contribution in [2.24, 2.45) is 0 Å². The van der Waals surface area contributed by atoms with E-state index in [1.165, 1.54) is 0 Å². The van der Waals surface area contributed by atoms with Gasteiger partial charge in [0.15, 0.2) is 0 Å². The van der Waals surface area contributed by atoms with Crippen LogP contribution < -0.4 is 5.32 Å².